The number of esters is 3. The minimum atomic E-state index is -0.787. The van der Waals surface area contributed by atoms with Gasteiger partial charge in [-0.15, -0.1) is 0 Å². The second-order valence-corrected chi connectivity index (χ2v) is 23.4. The van der Waals surface area contributed by atoms with Gasteiger partial charge in [-0.25, -0.2) is 0 Å². The maximum atomic E-state index is 13.0. The highest BCUT2D eigenvalue weighted by molar-refractivity contribution is 5.71. The van der Waals surface area contributed by atoms with Gasteiger partial charge in [-0.1, -0.05) is 304 Å². The summed E-state index contributed by atoms with van der Waals surface area (Å²) in [4.78, 5) is 38.5. The fraction of sp³-hybridized carbons (Fsp3) is 0.727. The van der Waals surface area contributed by atoms with Gasteiger partial charge in [0.1, 0.15) is 13.2 Å². The van der Waals surface area contributed by atoms with Crippen molar-refractivity contribution in [2.24, 2.45) is 0 Å². The number of hydrogen-bond donors (Lipinski definition) is 0. The van der Waals surface area contributed by atoms with Crippen LogP contribution in [0.5, 0.6) is 0 Å². The van der Waals surface area contributed by atoms with E-state index >= 15 is 0 Å². The number of rotatable bonds is 64. The van der Waals surface area contributed by atoms with Crippen LogP contribution in [0, 0.1) is 0 Å². The first-order valence-corrected chi connectivity index (χ1v) is 35.4. The van der Waals surface area contributed by atoms with Gasteiger partial charge in [0.2, 0.25) is 0 Å². The standard InChI is InChI=1S/C77H132O6/c1-4-7-10-13-16-19-22-25-28-31-33-34-35-36-37-38-39-40-41-42-44-46-49-52-55-58-61-64-67-70-76(79)82-73-74(72-81-75(78)69-66-63-60-57-54-51-48-45-30-27-24-21-18-15-12-9-6-3)83-77(80)71-68-65-62-59-56-53-50-47-43-32-29-26-23-20-17-14-11-8-5-2/h7,10,16-21,25-30,33-34,36-37,74H,4-6,8-9,11-15,22-24,31-32,35,38-73H2,1-3H3/b10-7-,19-16-,20-17-,21-18-,28-25-,29-26-,30-27-,34-33-,37-36-. The summed E-state index contributed by atoms with van der Waals surface area (Å²) in [5.74, 6) is -0.880. The van der Waals surface area contributed by atoms with Gasteiger partial charge in [-0.05, 0) is 128 Å². The van der Waals surface area contributed by atoms with E-state index in [9.17, 15) is 14.4 Å². The van der Waals surface area contributed by atoms with E-state index in [0.717, 1.165) is 109 Å². The molecule has 0 radical (unpaired) electrons. The maximum Gasteiger partial charge on any atom is 0.306 e. The molecule has 0 aliphatic heterocycles. The molecule has 0 aliphatic rings. The number of allylic oxidation sites excluding steroid dienone is 18. The molecule has 0 aliphatic carbocycles. The van der Waals surface area contributed by atoms with E-state index in [2.05, 4.69) is 130 Å². The normalized spacial score (nSPS) is 12.8. The highest BCUT2D eigenvalue weighted by Crippen LogP contribution is 2.17. The largest absolute Gasteiger partial charge is 0.462 e. The third kappa shape index (κ3) is 68.7. The van der Waals surface area contributed by atoms with Crippen molar-refractivity contribution in [1.29, 1.82) is 0 Å². The van der Waals surface area contributed by atoms with Crippen LogP contribution < -0.4 is 0 Å². The average molecular weight is 1150 g/mol. The minimum Gasteiger partial charge on any atom is -0.462 e. The van der Waals surface area contributed by atoms with Crippen LogP contribution in [0.3, 0.4) is 0 Å². The van der Waals surface area contributed by atoms with Gasteiger partial charge in [0.15, 0.2) is 6.10 Å². The van der Waals surface area contributed by atoms with Crippen LogP contribution in [0.2, 0.25) is 0 Å². The number of unbranched alkanes of at least 4 members (excludes halogenated alkanes) is 35. The summed E-state index contributed by atoms with van der Waals surface area (Å²) in [6, 6.07) is 0. The highest BCUT2D eigenvalue weighted by Gasteiger charge is 2.19. The zero-order valence-electron chi connectivity index (χ0n) is 54.7. The molecule has 83 heavy (non-hydrogen) atoms. The molecule has 1 unspecified atom stereocenters. The van der Waals surface area contributed by atoms with Crippen molar-refractivity contribution < 1.29 is 28.6 Å². The van der Waals surface area contributed by atoms with Crippen molar-refractivity contribution >= 4 is 17.9 Å². The SMILES string of the molecule is CC/C=C\C/C=C\C/C=C\C/C=C\C/C=C\CCCCCCCCCCCCCCCC(=O)OCC(COC(=O)CCCCCCCCC/C=C\C/C=C\CCCCC)OC(=O)CCCCCCCCCCC/C=C\C/C=C\CCCCC. The molecular formula is C77H132O6. The molecule has 0 spiro atoms. The van der Waals surface area contributed by atoms with Crippen molar-refractivity contribution in [1.82, 2.24) is 0 Å². The molecule has 476 valence electrons. The van der Waals surface area contributed by atoms with Crippen LogP contribution in [-0.4, -0.2) is 37.2 Å². The summed E-state index contributed by atoms with van der Waals surface area (Å²) in [5, 5.41) is 0. The zero-order valence-corrected chi connectivity index (χ0v) is 54.7. The van der Waals surface area contributed by atoms with Crippen LogP contribution in [0.25, 0.3) is 0 Å². The molecule has 0 rings (SSSR count). The van der Waals surface area contributed by atoms with Crippen LogP contribution >= 0.6 is 0 Å². The lowest BCUT2D eigenvalue weighted by molar-refractivity contribution is -0.167. The number of carbonyl (C=O) groups is 3. The first-order chi connectivity index (χ1) is 41.0. The first-order valence-electron chi connectivity index (χ1n) is 35.4. The molecular weight excluding hydrogens is 1020 g/mol. The average Bonchev–Trinajstić information content (AvgIpc) is 3.49. The summed E-state index contributed by atoms with van der Waals surface area (Å²) in [7, 11) is 0. The van der Waals surface area contributed by atoms with E-state index in [1.807, 2.05) is 0 Å². The number of carbonyl (C=O) groups excluding carboxylic acids is 3. The Balaban J connectivity index is 4.32. The van der Waals surface area contributed by atoms with Gasteiger partial charge in [-0.2, -0.15) is 0 Å². The monoisotopic (exact) mass is 1150 g/mol. The topological polar surface area (TPSA) is 78.9 Å². The van der Waals surface area contributed by atoms with Crippen LogP contribution in [0.1, 0.15) is 342 Å². The summed E-state index contributed by atoms with van der Waals surface area (Å²) < 4.78 is 17.0. The third-order valence-electron chi connectivity index (χ3n) is 15.2. The van der Waals surface area contributed by atoms with Gasteiger partial charge in [0.05, 0.1) is 0 Å². The van der Waals surface area contributed by atoms with Gasteiger partial charge in [0.25, 0.3) is 0 Å². The Morgan fingerprint density at radius 1 is 0.253 bits per heavy atom. The second-order valence-electron chi connectivity index (χ2n) is 23.4. The fourth-order valence-corrected chi connectivity index (χ4v) is 9.94. The molecule has 0 amide bonds. The Morgan fingerprint density at radius 2 is 0.470 bits per heavy atom. The molecule has 1 atom stereocenters. The van der Waals surface area contributed by atoms with Crippen LogP contribution in [0.4, 0.5) is 0 Å². The molecule has 0 N–H and O–H groups in total. The quantitative estimate of drug-likeness (QED) is 0.0261. The molecule has 0 bridgehead atoms. The molecule has 0 heterocycles. The van der Waals surface area contributed by atoms with Crippen LogP contribution in [0.15, 0.2) is 109 Å². The highest BCUT2D eigenvalue weighted by atomic mass is 16.6. The predicted octanol–water partition coefficient (Wildman–Crippen LogP) is 24.6. The first kappa shape index (κ1) is 79.1. The molecule has 6 nitrogen and oxygen atoms in total. The van der Waals surface area contributed by atoms with E-state index in [0.29, 0.717) is 19.3 Å². The van der Waals surface area contributed by atoms with Gasteiger partial charge >= 0.3 is 17.9 Å². The van der Waals surface area contributed by atoms with Gasteiger partial charge in [0, 0.05) is 19.3 Å². The predicted molar refractivity (Wildman–Crippen MR) is 362 cm³/mol. The maximum absolute atomic E-state index is 13.0. The molecule has 0 fully saturated rings. The molecule has 0 aromatic carbocycles. The Morgan fingerprint density at radius 3 is 0.735 bits per heavy atom. The lowest BCUT2D eigenvalue weighted by Crippen LogP contribution is -2.30. The number of ether oxygens (including phenoxy) is 3. The van der Waals surface area contributed by atoms with Crippen molar-refractivity contribution in [2.45, 2.75) is 348 Å². The van der Waals surface area contributed by atoms with Gasteiger partial charge < -0.3 is 14.2 Å². The van der Waals surface area contributed by atoms with E-state index in [1.54, 1.807) is 0 Å². The molecule has 0 saturated carbocycles. The smallest absolute Gasteiger partial charge is 0.306 e. The zero-order chi connectivity index (χ0) is 59.9. The molecule has 0 aromatic heterocycles. The lowest BCUT2D eigenvalue weighted by atomic mass is 10.0. The molecule has 6 heteroatoms. The Kier molecular flexibility index (Phi) is 67.2. The molecule has 0 aromatic rings. The lowest BCUT2D eigenvalue weighted by Gasteiger charge is -2.18. The third-order valence-corrected chi connectivity index (χ3v) is 15.2. The van der Waals surface area contributed by atoms with Crippen LogP contribution in [-0.2, 0) is 28.6 Å². The summed E-state index contributed by atoms with van der Waals surface area (Å²) in [6.45, 7) is 6.50. The molecule has 0 saturated heterocycles. The van der Waals surface area contributed by atoms with Crippen molar-refractivity contribution in [3.05, 3.63) is 109 Å². The summed E-state index contributed by atoms with van der Waals surface area (Å²) in [6.07, 6.45) is 96.7. The Bertz CT molecular complexity index is 1660. The van der Waals surface area contributed by atoms with Crippen molar-refractivity contribution in [3.63, 3.8) is 0 Å². The van der Waals surface area contributed by atoms with Gasteiger partial charge in [-0.3, -0.25) is 14.4 Å². The minimum absolute atomic E-state index is 0.0816. The number of hydrogen-bond acceptors (Lipinski definition) is 6. The fourth-order valence-electron chi connectivity index (χ4n) is 9.94. The van der Waals surface area contributed by atoms with E-state index in [-0.39, 0.29) is 31.1 Å². The van der Waals surface area contributed by atoms with Crippen molar-refractivity contribution in [3.8, 4) is 0 Å². The second kappa shape index (κ2) is 70.6. The van der Waals surface area contributed by atoms with Crippen molar-refractivity contribution in [2.75, 3.05) is 13.2 Å². The Hall–Kier alpha value is -3.93. The van der Waals surface area contributed by atoms with E-state index in [4.69, 9.17) is 14.2 Å². The summed E-state index contributed by atoms with van der Waals surface area (Å²) in [5.41, 5.74) is 0. The summed E-state index contributed by atoms with van der Waals surface area (Å²) >= 11 is 0. The Labute approximate surface area is 514 Å². The van der Waals surface area contributed by atoms with E-state index in [1.165, 1.54) is 193 Å². The van der Waals surface area contributed by atoms with E-state index < -0.39 is 6.10 Å².